The van der Waals surface area contributed by atoms with E-state index >= 15 is 0 Å². The minimum absolute atomic E-state index is 0.180. The zero-order chi connectivity index (χ0) is 16.5. The number of carbonyl (C=O) groups excluding carboxylic acids is 2. The second-order valence-electron chi connectivity index (χ2n) is 5.68. The van der Waals surface area contributed by atoms with Crippen molar-refractivity contribution in [2.75, 3.05) is 65.4 Å². The van der Waals surface area contributed by atoms with Crippen molar-refractivity contribution in [2.24, 2.45) is 0 Å². The largest absolute Gasteiger partial charge is 0.338 e. The molecule has 0 atom stereocenters. The maximum atomic E-state index is 12.2. The Balaban J connectivity index is 2.39. The Bertz CT molecular complexity index is 312. The number of carbonyl (C=O) groups is 2. The van der Waals surface area contributed by atoms with Gasteiger partial charge in [0.25, 0.3) is 0 Å². The average Bonchev–Trinajstić information content (AvgIpc) is 2.57. The third-order valence-corrected chi connectivity index (χ3v) is 4.49. The number of amides is 2. The highest BCUT2D eigenvalue weighted by molar-refractivity contribution is 5.80. The number of nitrogens with zero attached hydrogens (tertiary/aromatic N) is 4. The maximum absolute atomic E-state index is 12.2. The van der Waals surface area contributed by atoms with Crippen molar-refractivity contribution in [3.8, 4) is 0 Å². The normalized spacial score (nSPS) is 15.7. The molecule has 0 unspecified atom stereocenters. The van der Waals surface area contributed by atoms with Crippen LogP contribution in [-0.4, -0.2) is 96.9 Å². The SMILES string of the molecule is CCN(CC)CC(=O)N1CCN(C(=O)CN(CC)CC)CC1. The lowest BCUT2D eigenvalue weighted by Gasteiger charge is -2.36. The second-order valence-corrected chi connectivity index (χ2v) is 5.68. The van der Waals surface area contributed by atoms with E-state index in [1.54, 1.807) is 0 Å². The topological polar surface area (TPSA) is 47.1 Å². The molecule has 0 bridgehead atoms. The van der Waals surface area contributed by atoms with E-state index in [2.05, 4.69) is 37.5 Å². The first-order valence-corrected chi connectivity index (χ1v) is 8.55. The Morgan fingerprint density at radius 3 is 1.18 bits per heavy atom. The first kappa shape index (κ1) is 18.9. The third kappa shape index (κ3) is 5.57. The molecule has 0 saturated carbocycles. The van der Waals surface area contributed by atoms with Crippen LogP contribution in [0.25, 0.3) is 0 Å². The molecule has 0 aromatic carbocycles. The van der Waals surface area contributed by atoms with E-state index in [1.807, 2.05) is 9.80 Å². The van der Waals surface area contributed by atoms with Gasteiger partial charge in [-0.1, -0.05) is 27.7 Å². The van der Waals surface area contributed by atoms with E-state index in [4.69, 9.17) is 0 Å². The molecule has 6 nitrogen and oxygen atoms in total. The third-order valence-electron chi connectivity index (χ3n) is 4.49. The van der Waals surface area contributed by atoms with E-state index in [-0.39, 0.29) is 11.8 Å². The summed E-state index contributed by atoms with van der Waals surface area (Å²) in [6.45, 7) is 15.5. The van der Waals surface area contributed by atoms with Crippen LogP contribution in [-0.2, 0) is 9.59 Å². The Labute approximate surface area is 135 Å². The second kappa shape index (κ2) is 9.79. The molecule has 1 heterocycles. The number of rotatable bonds is 8. The molecule has 128 valence electrons. The summed E-state index contributed by atoms with van der Waals surface area (Å²) < 4.78 is 0. The predicted molar refractivity (Wildman–Crippen MR) is 88.7 cm³/mol. The van der Waals surface area contributed by atoms with Crippen molar-refractivity contribution in [3.05, 3.63) is 0 Å². The molecule has 0 spiro atoms. The zero-order valence-corrected chi connectivity index (χ0v) is 14.7. The highest BCUT2D eigenvalue weighted by Gasteiger charge is 2.25. The first-order valence-electron chi connectivity index (χ1n) is 8.55. The molecule has 22 heavy (non-hydrogen) atoms. The van der Waals surface area contributed by atoms with Gasteiger partial charge in [-0.15, -0.1) is 0 Å². The summed E-state index contributed by atoms with van der Waals surface area (Å²) in [6.07, 6.45) is 0. The summed E-state index contributed by atoms with van der Waals surface area (Å²) in [5, 5.41) is 0. The molecule has 1 aliphatic rings. The summed E-state index contributed by atoms with van der Waals surface area (Å²) >= 11 is 0. The first-order chi connectivity index (χ1) is 10.5. The number of likely N-dealkylation sites (N-methyl/N-ethyl adjacent to an activating group) is 2. The van der Waals surface area contributed by atoms with Gasteiger partial charge in [0.05, 0.1) is 13.1 Å². The van der Waals surface area contributed by atoms with Crippen molar-refractivity contribution in [2.45, 2.75) is 27.7 Å². The van der Waals surface area contributed by atoms with Crippen molar-refractivity contribution in [1.29, 1.82) is 0 Å². The van der Waals surface area contributed by atoms with Crippen molar-refractivity contribution < 1.29 is 9.59 Å². The van der Waals surface area contributed by atoms with E-state index in [0.29, 0.717) is 39.3 Å². The lowest BCUT2D eigenvalue weighted by molar-refractivity contribution is -0.140. The smallest absolute Gasteiger partial charge is 0.236 e. The van der Waals surface area contributed by atoms with Crippen LogP contribution >= 0.6 is 0 Å². The van der Waals surface area contributed by atoms with E-state index in [1.165, 1.54) is 0 Å². The molecule has 1 aliphatic heterocycles. The minimum atomic E-state index is 0.180. The molecule has 0 aromatic rings. The molecule has 1 saturated heterocycles. The van der Waals surface area contributed by atoms with Gasteiger partial charge in [0.2, 0.25) is 11.8 Å². The molecular weight excluding hydrogens is 280 g/mol. The van der Waals surface area contributed by atoms with Gasteiger partial charge in [0, 0.05) is 26.2 Å². The van der Waals surface area contributed by atoms with Crippen LogP contribution < -0.4 is 0 Å². The molecule has 0 radical (unpaired) electrons. The quantitative estimate of drug-likeness (QED) is 0.648. The summed E-state index contributed by atoms with van der Waals surface area (Å²) in [7, 11) is 0. The molecule has 1 fully saturated rings. The Kier molecular flexibility index (Phi) is 8.42. The number of piperazine rings is 1. The number of hydrogen-bond acceptors (Lipinski definition) is 4. The van der Waals surface area contributed by atoms with Crippen LogP contribution in [0.1, 0.15) is 27.7 Å². The molecule has 0 N–H and O–H groups in total. The van der Waals surface area contributed by atoms with Crippen molar-refractivity contribution in [3.63, 3.8) is 0 Å². The molecule has 1 rings (SSSR count). The van der Waals surface area contributed by atoms with Gasteiger partial charge in [-0.3, -0.25) is 19.4 Å². The van der Waals surface area contributed by atoms with Gasteiger partial charge in [-0.25, -0.2) is 0 Å². The van der Waals surface area contributed by atoms with Crippen LogP contribution in [0.15, 0.2) is 0 Å². The fourth-order valence-corrected chi connectivity index (χ4v) is 2.68. The van der Waals surface area contributed by atoms with Crippen LogP contribution in [0.4, 0.5) is 0 Å². The Hall–Kier alpha value is -1.14. The van der Waals surface area contributed by atoms with Gasteiger partial charge in [-0.2, -0.15) is 0 Å². The molecular formula is C16H32N4O2. The minimum Gasteiger partial charge on any atom is -0.338 e. The number of hydrogen-bond donors (Lipinski definition) is 0. The van der Waals surface area contributed by atoms with Crippen LogP contribution in [0.5, 0.6) is 0 Å². The fourth-order valence-electron chi connectivity index (χ4n) is 2.68. The molecule has 6 heteroatoms. The zero-order valence-electron chi connectivity index (χ0n) is 14.7. The standard InChI is InChI=1S/C16H32N4O2/c1-5-17(6-2)13-15(21)19-9-11-20(12-10-19)16(22)14-18(7-3)8-4/h5-14H2,1-4H3. The van der Waals surface area contributed by atoms with E-state index in [9.17, 15) is 9.59 Å². The van der Waals surface area contributed by atoms with Gasteiger partial charge in [0.1, 0.15) is 0 Å². The summed E-state index contributed by atoms with van der Waals surface area (Å²) in [5.41, 5.74) is 0. The van der Waals surface area contributed by atoms with Crippen molar-refractivity contribution in [1.82, 2.24) is 19.6 Å². The predicted octanol–water partition coefficient (Wildman–Crippen LogP) is 0.341. The molecule has 0 aromatic heterocycles. The monoisotopic (exact) mass is 312 g/mol. The van der Waals surface area contributed by atoms with Gasteiger partial charge in [-0.05, 0) is 26.2 Å². The van der Waals surface area contributed by atoms with Crippen LogP contribution in [0, 0.1) is 0 Å². The highest BCUT2D eigenvalue weighted by atomic mass is 16.2. The average molecular weight is 312 g/mol. The Morgan fingerprint density at radius 2 is 0.955 bits per heavy atom. The lowest BCUT2D eigenvalue weighted by atomic mass is 10.3. The van der Waals surface area contributed by atoms with Gasteiger partial charge < -0.3 is 9.80 Å². The summed E-state index contributed by atoms with van der Waals surface area (Å²) in [5.74, 6) is 0.360. The summed E-state index contributed by atoms with van der Waals surface area (Å²) in [6, 6.07) is 0. The van der Waals surface area contributed by atoms with E-state index < -0.39 is 0 Å². The molecule has 2 amide bonds. The maximum Gasteiger partial charge on any atom is 0.236 e. The van der Waals surface area contributed by atoms with Crippen molar-refractivity contribution >= 4 is 11.8 Å². The summed E-state index contributed by atoms with van der Waals surface area (Å²) in [4.78, 5) is 32.5. The van der Waals surface area contributed by atoms with Crippen LogP contribution in [0.3, 0.4) is 0 Å². The Morgan fingerprint density at radius 1 is 0.682 bits per heavy atom. The van der Waals surface area contributed by atoms with E-state index in [0.717, 1.165) is 26.2 Å². The van der Waals surface area contributed by atoms with Crippen LogP contribution in [0.2, 0.25) is 0 Å². The van der Waals surface area contributed by atoms with Gasteiger partial charge in [0.15, 0.2) is 0 Å². The fraction of sp³-hybridized carbons (Fsp3) is 0.875. The molecule has 0 aliphatic carbocycles. The lowest BCUT2D eigenvalue weighted by Crippen LogP contribution is -2.54. The highest BCUT2D eigenvalue weighted by Crippen LogP contribution is 2.05. The van der Waals surface area contributed by atoms with Gasteiger partial charge >= 0.3 is 0 Å².